The van der Waals surface area contributed by atoms with E-state index in [1.807, 2.05) is 0 Å². The standard InChI is InChI=1S/C17H15FN2O3/c18-13-5-3-4-12(10-13)8-9-19-16(21)11-20-14-6-1-2-7-15(14)23-17(20)22/h1-7,10H,8-9,11H2,(H,19,21). The molecular formula is C17H15FN2O3. The number of nitrogens with zero attached hydrogens (tertiary/aromatic N) is 1. The summed E-state index contributed by atoms with van der Waals surface area (Å²) in [5.74, 6) is -1.16. The van der Waals surface area contributed by atoms with Gasteiger partial charge in [-0.25, -0.2) is 9.18 Å². The molecule has 1 amide bonds. The van der Waals surface area contributed by atoms with Crippen LogP contribution >= 0.6 is 0 Å². The number of carbonyl (C=O) groups is 1. The van der Waals surface area contributed by atoms with Crippen LogP contribution < -0.4 is 11.1 Å². The molecule has 0 aliphatic heterocycles. The maximum absolute atomic E-state index is 13.1. The van der Waals surface area contributed by atoms with Crippen molar-refractivity contribution in [3.63, 3.8) is 0 Å². The molecule has 6 heteroatoms. The molecule has 118 valence electrons. The summed E-state index contributed by atoms with van der Waals surface area (Å²) in [6, 6.07) is 13.2. The lowest BCUT2D eigenvalue weighted by Crippen LogP contribution is -2.32. The maximum atomic E-state index is 13.1. The molecule has 0 atom stereocenters. The number of para-hydroxylation sites is 2. The molecule has 0 unspecified atom stereocenters. The zero-order valence-corrected chi connectivity index (χ0v) is 12.3. The minimum atomic E-state index is -0.563. The van der Waals surface area contributed by atoms with Gasteiger partial charge in [0.2, 0.25) is 5.91 Å². The fourth-order valence-electron chi connectivity index (χ4n) is 2.40. The van der Waals surface area contributed by atoms with E-state index in [0.717, 1.165) is 5.56 Å². The van der Waals surface area contributed by atoms with E-state index in [-0.39, 0.29) is 18.3 Å². The molecule has 0 aliphatic carbocycles. The molecule has 0 fully saturated rings. The van der Waals surface area contributed by atoms with Gasteiger partial charge in [-0.05, 0) is 36.2 Å². The number of rotatable bonds is 5. The summed E-state index contributed by atoms with van der Waals surface area (Å²) in [6.45, 7) is 0.256. The lowest BCUT2D eigenvalue weighted by molar-refractivity contribution is -0.121. The van der Waals surface area contributed by atoms with E-state index in [1.165, 1.54) is 16.7 Å². The van der Waals surface area contributed by atoms with Crippen molar-refractivity contribution < 1.29 is 13.6 Å². The Balaban J connectivity index is 1.61. The monoisotopic (exact) mass is 314 g/mol. The van der Waals surface area contributed by atoms with Crippen molar-refractivity contribution in [3.05, 3.63) is 70.5 Å². The van der Waals surface area contributed by atoms with Crippen molar-refractivity contribution in [1.29, 1.82) is 0 Å². The highest BCUT2D eigenvalue weighted by Gasteiger charge is 2.11. The Kier molecular flexibility index (Phi) is 4.23. The van der Waals surface area contributed by atoms with Crippen LogP contribution in [0.25, 0.3) is 11.1 Å². The van der Waals surface area contributed by atoms with E-state index in [1.54, 1.807) is 36.4 Å². The van der Waals surface area contributed by atoms with E-state index in [2.05, 4.69) is 5.32 Å². The van der Waals surface area contributed by atoms with Gasteiger partial charge in [-0.3, -0.25) is 9.36 Å². The third-order valence-electron chi connectivity index (χ3n) is 3.50. The highest BCUT2D eigenvalue weighted by Crippen LogP contribution is 2.11. The molecule has 0 bridgehead atoms. The lowest BCUT2D eigenvalue weighted by Gasteiger charge is -2.06. The van der Waals surface area contributed by atoms with Crippen LogP contribution in [0.3, 0.4) is 0 Å². The smallest absolute Gasteiger partial charge is 0.408 e. The Hall–Kier alpha value is -2.89. The van der Waals surface area contributed by atoms with Crippen LogP contribution in [-0.2, 0) is 17.8 Å². The van der Waals surface area contributed by atoms with Gasteiger partial charge >= 0.3 is 5.76 Å². The van der Waals surface area contributed by atoms with Crippen molar-refractivity contribution in [2.45, 2.75) is 13.0 Å². The first-order valence-corrected chi connectivity index (χ1v) is 7.23. The number of nitrogens with one attached hydrogen (secondary N) is 1. The summed E-state index contributed by atoms with van der Waals surface area (Å²) in [4.78, 5) is 23.8. The summed E-state index contributed by atoms with van der Waals surface area (Å²) >= 11 is 0. The number of carbonyl (C=O) groups excluding carboxylic acids is 1. The van der Waals surface area contributed by atoms with Crippen molar-refractivity contribution >= 4 is 17.0 Å². The second kappa shape index (κ2) is 6.48. The highest BCUT2D eigenvalue weighted by atomic mass is 19.1. The topological polar surface area (TPSA) is 64.2 Å². The van der Waals surface area contributed by atoms with E-state index in [9.17, 15) is 14.0 Å². The Morgan fingerprint density at radius 1 is 1.17 bits per heavy atom. The van der Waals surface area contributed by atoms with Gasteiger partial charge in [-0.15, -0.1) is 0 Å². The number of amides is 1. The largest absolute Gasteiger partial charge is 0.420 e. The van der Waals surface area contributed by atoms with E-state index in [4.69, 9.17) is 4.42 Å². The molecular weight excluding hydrogens is 299 g/mol. The van der Waals surface area contributed by atoms with Crippen LogP contribution in [0.4, 0.5) is 4.39 Å². The van der Waals surface area contributed by atoms with Crippen LogP contribution in [0.2, 0.25) is 0 Å². The fraction of sp³-hybridized carbons (Fsp3) is 0.176. The van der Waals surface area contributed by atoms with Crippen molar-refractivity contribution in [3.8, 4) is 0 Å². The predicted molar refractivity (Wildman–Crippen MR) is 83.6 cm³/mol. The first-order valence-electron chi connectivity index (χ1n) is 7.23. The molecule has 0 saturated carbocycles. The molecule has 3 aromatic rings. The van der Waals surface area contributed by atoms with Gasteiger partial charge in [0.05, 0.1) is 5.52 Å². The first-order chi connectivity index (χ1) is 11.1. The summed E-state index contributed by atoms with van der Waals surface area (Å²) in [6.07, 6.45) is 0.518. The van der Waals surface area contributed by atoms with Crippen LogP contribution in [0.1, 0.15) is 5.56 Å². The molecule has 0 radical (unpaired) electrons. The number of oxazole rings is 1. The van der Waals surface area contributed by atoms with Crippen molar-refractivity contribution in [2.75, 3.05) is 6.54 Å². The van der Waals surface area contributed by atoms with Gasteiger partial charge in [-0.1, -0.05) is 24.3 Å². The quantitative estimate of drug-likeness (QED) is 0.784. The highest BCUT2D eigenvalue weighted by molar-refractivity contribution is 5.79. The summed E-state index contributed by atoms with van der Waals surface area (Å²) in [5.41, 5.74) is 1.83. The molecule has 1 heterocycles. The van der Waals surface area contributed by atoms with Crippen molar-refractivity contribution in [1.82, 2.24) is 9.88 Å². The second-order valence-corrected chi connectivity index (χ2v) is 5.15. The fourth-order valence-corrected chi connectivity index (χ4v) is 2.40. The average Bonchev–Trinajstić information content (AvgIpc) is 2.83. The van der Waals surface area contributed by atoms with Gasteiger partial charge in [0.1, 0.15) is 12.4 Å². The number of benzene rings is 2. The number of hydrogen-bond acceptors (Lipinski definition) is 3. The Morgan fingerprint density at radius 2 is 2.00 bits per heavy atom. The molecule has 0 aliphatic rings. The average molecular weight is 314 g/mol. The predicted octanol–water partition coefficient (Wildman–Crippen LogP) is 2.09. The van der Waals surface area contributed by atoms with E-state index in [0.29, 0.717) is 24.1 Å². The SMILES string of the molecule is O=C(Cn1c(=O)oc2ccccc21)NCCc1cccc(F)c1. The molecule has 3 rings (SSSR count). The van der Waals surface area contributed by atoms with Crippen LogP contribution in [0.15, 0.2) is 57.7 Å². The summed E-state index contributed by atoms with van der Waals surface area (Å²) in [7, 11) is 0. The Morgan fingerprint density at radius 3 is 2.83 bits per heavy atom. The number of halogens is 1. The third kappa shape index (κ3) is 3.48. The number of fused-ring (bicyclic) bond motifs is 1. The van der Waals surface area contributed by atoms with Gasteiger partial charge in [0.15, 0.2) is 5.58 Å². The Bertz CT molecular complexity index is 898. The minimum Gasteiger partial charge on any atom is -0.408 e. The molecule has 5 nitrogen and oxygen atoms in total. The molecule has 2 aromatic carbocycles. The normalized spacial score (nSPS) is 10.8. The molecule has 1 aromatic heterocycles. The maximum Gasteiger partial charge on any atom is 0.420 e. The van der Waals surface area contributed by atoms with E-state index < -0.39 is 5.76 Å². The third-order valence-corrected chi connectivity index (χ3v) is 3.50. The number of aromatic nitrogens is 1. The minimum absolute atomic E-state index is 0.112. The van der Waals surface area contributed by atoms with Crippen molar-refractivity contribution in [2.24, 2.45) is 0 Å². The first kappa shape index (κ1) is 15.0. The molecule has 23 heavy (non-hydrogen) atoms. The van der Waals surface area contributed by atoms with E-state index >= 15 is 0 Å². The lowest BCUT2D eigenvalue weighted by atomic mass is 10.1. The van der Waals surface area contributed by atoms with Gasteiger partial charge in [0.25, 0.3) is 0 Å². The number of hydrogen-bond donors (Lipinski definition) is 1. The Labute approximate surface area is 131 Å². The van der Waals surface area contributed by atoms with Gasteiger partial charge in [-0.2, -0.15) is 0 Å². The van der Waals surface area contributed by atoms with Gasteiger partial charge in [0, 0.05) is 6.54 Å². The van der Waals surface area contributed by atoms with Gasteiger partial charge < -0.3 is 9.73 Å². The van der Waals surface area contributed by atoms with Crippen LogP contribution in [0, 0.1) is 5.82 Å². The second-order valence-electron chi connectivity index (χ2n) is 5.15. The molecule has 0 saturated heterocycles. The molecule has 1 N–H and O–H groups in total. The van der Waals surface area contributed by atoms with Crippen LogP contribution in [0.5, 0.6) is 0 Å². The zero-order chi connectivity index (χ0) is 16.2. The van der Waals surface area contributed by atoms with Crippen LogP contribution in [-0.4, -0.2) is 17.0 Å². The summed E-state index contributed by atoms with van der Waals surface area (Å²) in [5, 5.41) is 2.72. The molecule has 0 spiro atoms. The zero-order valence-electron chi connectivity index (χ0n) is 12.3. The summed E-state index contributed by atoms with van der Waals surface area (Å²) < 4.78 is 19.4.